The minimum Gasteiger partial charge on any atom is -0.493 e. The first-order chi connectivity index (χ1) is 15.1. The number of benzene rings is 2. The molecule has 2 aromatic rings. The highest BCUT2D eigenvalue weighted by Crippen LogP contribution is 2.34. The van der Waals surface area contributed by atoms with Gasteiger partial charge in [-0.25, -0.2) is 0 Å². The second-order valence-electron chi connectivity index (χ2n) is 8.10. The molecule has 2 aliphatic rings. The normalized spacial score (nSPS) is 19.7. The van der Waals surface area contributed by atoms with E-state index in [-0.39, 0.29) is 12.7 Å². The van der Waals surface area contributed by atoms with Gasteiger partial charge in [-0.3, -0.25) is 4.79 Å². The second kappa shape index (κ2) is 9.45. The molecule has 0 radical (unpaired) electrons. The molecular weight excluding hydrogens is 398 g/mol. The van der Waals surface area contributed by atoms with Crippen LogP contribution < -0.4 is 34.1 Å². The molecule has 4 rings (SSSR count). The third-order valence-corrected chi connectivity index (χ3v) is 6.01. The zero-order valence-corrected chi connectivity index (χ0v) is 18.4. The topological polar surface area (TPSA) is 74.9 Å². The van der Waals surface area contributed by atoms with Crippen LogP contribution in [0.25, 0.3) is 0 Å². The Bertz CT molecular complexity index is 941. The Morgan fingerprint density at radius 1 is 0.968 bits per heavy atom. The number of quaternary nitrogens is 2. The number of hydrogen-bond acceptors (Lipinski definition) is 5. The van der Waals surface area contributed by atoms with E-state index in [1.165, 1.54) is 20.9 Å². The molecule has 2 aliphatic heterocycles. The molecular formula is C23H31N3O5+2. The number of methoxy groups -OCH3 is 2. The summed E-state index contributed by atoms with van der Waals surface area (Å²) >= 11 is 0. The Labute approximate surface area is 182 Å². The van der Waals surface area contributed by atoms with Crippen LogP contribution in [0.4, 0.5) is 5.69 Å². The number of ether oxygens (including phenoxy) is 4. The standard InChI is InChI=1S/C23H29N3O5/c1-16-10-20(28-2)21(29-3)11-17(16)13-25-6-8-26(9-7-25)14-23(27)24-18-4-5-19-22(12-18)31-15-30-19/h4-5,10-12H,6-9,13-15H2,1-3H3,(H,24,27)/p+2. The highest BCUT2D eigenvalue weighted by atomic mass is 16.7. The van der Waals surface area contributed by atoms with Crippen LogP contribution in [0.2, 0.25) is 0 Å². The zero-order valence-electron chi connectivity index (χ0n) is 18.4. The summed E-state index contributed by atoms with van der Waals surface area (Å²) in [6.45, 7) is 7.75. The molecule has 8 heteroatoms. The number of nitrogens with one attached hydrogen (secondary N) is 3. The molecule has 0 bridgehead atoms. The highest BCUT2D eigenvalue weighted by Gasteiger charge is 2.26. The lowest BCUT2D eigenvalue weighted by molar-refractivity contribution is -1.02. The third kappa shape index (κ3) is 5.03. The summed E-state index contributed by atoms with van der Waals surface area (Å²) in [6, 6.07) is 9.59. The molecule has 0 unspecified atom stereocenters. The van der Waals surface area contributed by atoms with Crippen molar-refractivity contribution in [2.45, 2.75) is 13.5 Å². The average molecular weight is 430 g/mol. The number of rotatable bonds is 7. The smallest absolute Gasteiger partial charge is 0.279 e. The van der Waals surface area contributed by atoms with E-state index >= 15 is 0 Å². The van der Waals surface area contributed by atoms with Crippen molar-refractivity contribution in [3.63, 3.8) is 0 Å². The first kappa shape index (κ1) is 21.3. The summed E-state index contributed by atoms with van der Waals surface area (Å²) in [5.74, 6) is 2.95. The Balaban J connectivity index is 1.26. The Morgan fingerprint density at radius 2 is 1.65 bits per heavy atom. The number of carbonyl (C=O) groups excluding carboxylic acids is 1. The summed E-state index contributed by atoms with van der Waals surface area (Å²) in [7, 11) is 3.33. The van der Waals surface area contributed by atoms with Gasteiger partial charge in [0.05, 0.1) is 14.2 Å². The van der Waals surface area contributed by atoms with E-state index in [0.717, 1.165) is 49.9 Å². The van der Waals surface area contributed by atoms with E-state index in [1.54, 1.807) is 14.2 Å². The largest absolute Gasteiger partial charge is 0.493 e. The summed E-state index contributed by atoms with van der Waals surface area (Å²) in [6.07, 6.45) is 0. The summed E-state index contributed by atoms with van der Waals surface area (Å²) < 4.78 is 21.5. The van der Waals surface area contributed by atoms with Gasteiger partial charge in [0, 0.05) is 17.3 Å². The number of fused-ring (bicyclic) bond motifs is 1. The van der Waals surface area contributed by atoms with Crippen LogP contribution in [0.3, 0.4) is 0 Å². The summed E-state index contributed by atoms with van der Waals surface area (Å²) in [5, 5.41) is 2.97. The van der Waals surface area contributed by atoms with Crippen LogP contribution in [0.5, 0.6) is 23.0 Å². The van der Waals surface area contributed by atoms with Crippen molar-refractivity contribution < 1.29 is 33.5 Å². The third-order valence-electron chi connectivity index (χ3n) is 6.01. The number of hydrogen-bond donors (Lipinski definition) is 3. The average Bonchev–Trinajstić information content (AvgIpc) is 3.24. The highest BCUT2D eigenvalue weighted by molar-refractivity contribution is 5.91. The Morgan fingerprint density at radius 3 is 2.39 bits per heavy atom. The van der Waals surface area contributed by atoms with Crippen molar-refractivity contribution in [1.82, 2.24) is 0 Å². The molecule has 1 fully saturated rings. The van der Waals surface area contributed by atoms with Gasteiger partial charge in [0.2, 0.25) is 6.79 Å². The van der Waals surface area contributed by atoms with Gasteiger partial charge >= 0.3 is 0 Å². The van der Waals surface area contributed by atoms with Crippen LogP contribution in [-0.2, 0) is 11.3 Å². The molecule has 8 nitrogen and oxygen atoms in total. The molecule has 0 atom stereocenters. The van der Waals surface area contributed by atoms with Crippen molar-refractivity contribution in [2.24, 2.45) is 0 Å². The van der Waals surface area contributed by atoms with E-state index in [9.17, 15) is 4.79 Å². The lowest BCUT2D eigenvalue weighted by Crippen LogP contribution is -3.28. The Hall–Kier alpha value is -2.97. The van der Waals surface area contributed by atoms with Crippen LogP contribution in [0.15, 0.2) is 30.3 Å². The van der Waals surface area contributed by atoms with Gasteiger partial charge in [-0.05, 0) is 36.8 Å². The van der Waals surface area contributed by atoms with Crippen molar-refractivity contribution in [3.05, 3.63) is 41.5 Å². The van der Waals surface area contributed by atoms with Crippen molar-refractivity contribution in [3.8, 4) is 23.0 Å². The molecule has 0 spiro atoms. The predicted molar refractivity (Wildman–Crippen MR) is 115 cm³/mol. The molecule has 2 aromatic carbocycles. The van der Waals surface area contributed by atoms with Crippen molar-refractivity contribution in [2.75, 3.05) is 59.1 Å². The number of amides is 1. The number of piperazine rings is 1. The number of carbonyl (C=O) groups is 1. The maximum atomic E-state index is 12.5. The minimum atomic E-state index is 0.0213. The van der Waals surface area contributed by atoms with Crippen LogP contribution in [0.1, 0.15) is 11.1 Å². The zero-order chi connectivity index (χ0) is 21.8. The van der Waals surface area contributed by atoms with E-state index < -0.39 is 0 Å². The SMILES string of the molecule is COc1cc(C)c(C[NH+]2CC[NH+](CC(=O)Nc3ccc4c(c3)OCO4)CC2)cc1OC. The van der Waals surface area contributed by atoms with Crippen LogP contribution in [0, 0.1) is 6.92 Å². The molecule has 0 aromatic heterocycles. The summed E-state index contributed by atoms with van der Waals surface area (Å²) in [5.41, 5.74) is 3.22. The lowest BCUT2D eigenvalue weighted by atomic mass is 10.1. The van der Waals surface area contributed by atoms with Gasteiger partial charge in [0.25, 0.3) is 5.91 Å². The minimum absolute atomic E-state index is 0.0213. The maximum absolute atomic E-state index is 12.5. The maximum Gasteiger partial charge on any atom is 0.279 e. The number of aryl methyl sites for hydroxylation is 1. The van der Waals surface area contributed by atoms with E-state index in [4.69, 9.17) is 18.9 Å². The fourth-order valence-electron chi connectivity index (χ4n) is 4.20. The first-order valence-corrected chi connectivity index (χ1v) is 10.6. The molecule has 31 heavy (non-hydrogen) atoms. The van der Waals surface area contributed by atoms with E-state index in [0.29, 0.717) is 18.0 Å². The van der Waals surface area contributed by atoms with Gasteiger partial charge in [-0.15, -0.1) is 0 Å². The summed E-state index contributed by atoms with van der Waals surface area (Å²) in [4.78, 5) is 15.3. The van der Waals surface area contributed by atoms with Crippen molar-refractivity contribution in [1.29, 1.82) is 0 Å². The predicted octanol–water partition coefficient (Wildman–Crippen LogP) is -0.337. The van der Waals surface area contributed by atoms with Gasteiger partial charge in [0.15, 0.2) is 29.5 Å². The van der Waals surface area contributed by atoms with Gasteiger partial charge in [0.1, 0.15) is 32.7 Å². The molecule has 0 saturated carbocycles. The quantitative estimate of drug-likeness (QED) is 0.562. The fraction of sp³-hybridized carbons (Fsp3) is 0.435. The molecule has 3 N–H and O–H groups in total. The molecule has 1 saturated heterocycles. The molecule has 1 amide bonds. The van der Waals surface area contributed by atoms with Crippen LogP contribution >= 0.6 is 0 Å². The molecule has 166 valence electrons. The van der Waals surface area contributed by atoms with Gasteiger partial charge in [-0.1, -0.05) is 0 Å². The fourth-order valence-corrected chi connectivity index (χ4v) is 4.20. The number of anilines is 1. The second-order valence-corrected chi connectivity index (χ2v) is 8.10. The van der Waals surface area contributed by atoms with Crippen molar-refractivity contribution >= 4 is 11.6 Å². The first-order valence-electron chi connectivity index (χ1n) is 10.6. The van der Waals surface area contributed by atoms with Gasteiger partial charge in [-0.2, -0.15) is 0 Å². The monoisotopic (exact) mass is 429 g/mol. The van der Waals surface area contributed by atoms with E-state index in [2.05, 4.69) is 18.3 Å². The molecule has 2 heterocycles. The molecule has 0 aliphatic carbocycles. The Kier molecular flexibility index (Phi) is 6.48. The van der Waals surface area contributed by atoms with Gasteiger partial charge < -0.3 is 34.1 Å². The lowest BCUT2D eigenvalue weighted by Gasteiger charge is -2.29. The van der Waals surface area contributed by atoms with E-state index in [1.807, 2.05) is 24.3 Å². The van der Waals surface area contributed by atoms with Crippen LogP contribution in [-0.4, -0.2) is 59.6 Å².